The van der Waals surface area contributed by atoms with Crippen LogP contribution in [0.4, 0.5) is 0 Å². The molecular weight excluding hydrogens is 254 g/mol. The Bertz CT molecular complexity index is 644. The van der Waals surface area contributed by atoms with Gasteiger partial charge in [-0.3, -0.25) is 4.79 Å². The number of carbonyl (C=O) groups is 1. The first-order valence-electron chi connectivity index (χ1n) is 6.88. The van der Waals surface area contributed by atoms with Crippen molar-refractivity contribution in [1.82, 2.24) is 14.8 Å². The Labute approximate surface area is 117 Å². The highest BCUT2D eigenvalue weighted by Crippen LogP contribution is 2.38. The summed E-state index contributed by atoms with van der Waals surface area (Å²) in [7, 11) is 0. The molecule has 104 valence electrons. The maximum absolute atomic E-state index is 10.8. The molecule has 1 N–H and O–H groups in total. The van der Waals surface area contributed by atoms with E-state index in [1.807, 2.05) is 31.2 Å². The molecule has 0 spiro atoms. The van der Waals surface area contributed by atoms with E-state index in [-0.39, 0.29) is 6.42 Å². The highest BCUT2D eigenvalue weighted by atomic mass is 16.4. The van der Waals surface area contributed by atoms with Gasteiger partial charge in [-0.2, -0.15) is 5.10 Å². The lowest BCUT2D eigenvalue weighted by atomic mass is 10.2. The SMILES string of the molecule is Cc1cccc(-n2nc(C3CC3)nc2CCC(=O)O)c1. The molecule has 1 aliphatic rings. The van der Waals surface area contributed by atoms with Crippen LogP contribution in [0.5, 0.6) is 0 Å². The van der Waals surface area contributed by atoms with Gasteiger partial charge < -0.3 is 5.11 Å². The molecular formula is C15H17N3O2. The van der Waals surface area contributed by atoms with Crippen molar-refractivity contribution >= 4 is 5.97 Å². The molecule has 0 amide bonds. The maximum Gasteiger partial charge on any atom is 0.303 e. The summed E-state index contributed by atoms with van der Waals surface area (Å²) in [6, 6.07) is 8.02. The Balaban J connectivity index is 1.96. The second kappa shape index (κ2) is 5.07. The second-order valence-corrected chi connectivity index (χ2v) is 5.31. The van der Waals surface area contributed by atoms with E-state index in [1.165, 1.54) is 0 Å². The van der Waals surface area contributed by atoms with Crippen LogP contribution in [0.1, 0.15) is 42.4 Å². The first kappa shape index (κ1) is 12.8. The molecule has 0 unspecified atom stereocenters. The lowest BCUT2D eigenvalue weighted by Gasteiger charge is -2.05. The van der Waals surface area contributed by atoms with Gasteiger partial charge in [0.25, 0.3) is 0 Å². The lowest BCUT2D eigenvalue weighted by Crippen LogP contribution is -2.06. The smallest absolute Gasteiger partial charge is 0.303 e. The predicted octanol–water partition coefficient (Wildman–Crippen LogP) is 2.47. The van der Waals surface area contributed by atoms with Crippen molar-refractivity contribution in [1.29, 1.82) is 0 Å². The van der Waals surface area contributed by atoms with E-state index >= 15 is 0 Å². The Morgan fingerprint density at radius 3 is 2.90 bits per heavy atom. The summed E-state index contributed by atoms with van der Waals surface area (Å²) in [4.78, 5) is 15.3. The molecule has 0 atom stereocenters. The fourth-order valence-electron chi connectivity index (χ4n) is 2.22. The van der Waals surface area contributed by atoms with Crippen LogP contribution < -0.4 is 0 Å². The Hall–Kier alpha value is -2.17. The average Bonchev–Trinajstić information content (AvgIpc) is 3.17. The molecule has 3 rings (SSSR count). The standard InChI is InChI=1S/C15H17N3O2/c1-10-3-2-4-12(9-10)18-13(7-8-14(19)20)16-15(17-18)11-5-6-11/h2-4,9,11H,5-8H2,1H3,(H,19,20). The first-order chi connectivity index (χ1) is 9.63. The lowest BCUT2D eigenvalue weighted by molar-refractivity contribution is -0.137. The van der Waals surface area contributed by atoms with Crippen LogP contribution in [0.3, 0.4) is 0 Å². The zero-order valence-corrected chi connectivity index (χ0v) is 11.4. The third kappa shape index (κ3) is 2.71. The highest BCUT2D eigenvalue weighted by molar-refractivity contribution is 5.66. The topological polar surface area (TPSA) is 68.0 Å². The first-order valence-corrected chi connectivity index (χ1v) is 6.88. The second-order valence-electron chi connectivity index (χ2n) is 5.31. The van der Waals surface area contributed by atoms with Crippen LogP contribution in [0, 0.1) is 6.92 Å². The van der Waals surface area contributed by atoms with Gasteiger partial charge in [0.15, 0.2) is 5.82 Å². The highest BCUT2D eigenvalue weighted by Gasteiger charge is 2.29. The third-order valence-corrected chi connectivity index (χ3v) is 3.44. The summed E-state index contributed by atoms with van der Waals surface area (Å²) < 4.78 is 1.80. The largest absolute Gasteiger partial charge is 0.481 e. The van der Waals surface area contributed by atoms with Gasteiger partial charge >= 0.3 is 5.97 Å². The molecule has 20 heavy (non-hydrogen) atoms. The molecule has 0 aliphatic heterocycles. The molecule has 1 saturated carbocycles. The Morgan fingerprint density at radius 1 is 1.45 bits per heavy atom. The van der Waals surface area contributed by atoms with Gasteiger partial charge in [-0.25, -0.2) is 9.67 Å². The van der Waals surface area contributed by atoms with Crippen LogP contribution in [-0.2, 0) is 11.2 Å². The molecule has 0 saturated heterocycles. The number of aromatic nitrogens is 3. The number of carboxylic acid groups (broad SMARTS) is 1. The summed E-state index contributed by atoms with van der Waals surface area (Å²) >= 11 is 0. The fourth-order valence-corrected chi connectivity index (χ4v) is 2.22. The summed E-state index contributed by atoms with van der Waals surface area (Å²) in [5.74, 6) is 1.24. The van der Waals surface area contributed by atoms with Crippen LogP contribution in [0.15, 0.2) is 24.3 Å². The average molecular weight is 271 g/mol. The van der Waals surface area contributed by atoms with E-state index in [2.05, 4.69) is 10.1 Å². The number of hydrogen-bond donors (Lipinski definition) is 1. The van der Waals surface area contributed by atoms with Gasteiger partial charge in [0, 0.05) is 12.3 Å². The molecule has 1 aromatic carbocycles. The molecule has 1 fully saturated rings. The van der Waals surface area contributed by atoms with Crippen molar-refractivity contribution in [2.45, 2.75) is 38.5 Å². The number of rotatable bonds is 5. The van der Waals surface area contributed by atoms with Crippen LogP contribution in [0.2, 0.25) is 0 Å². The number of aryl methyl sites for hydroxylation is 2. The van der Waals surface area contributed by atoms with E-state index in [1.54, 1.807) is 4.68 Å². The molecule has 0 radical (unpaired) electrons. The van der Waals surface area contributed by atoms with Gasteiger partial charge in [-0.05, 0) is 37.5 Å². The minimum absolute atomic E-state index is 0.0780. The van der Waals surface area contributed by atoms with Crippen molar-refractivity contribution in [3.63, 3.8) is 0 Å². The summed E-state index contributed by atoms with van der Waals surface area (Å²) in [5.41, 5.74) is 2.10. The quantitative estimate of drug-likeness (QED) is 0.907. The van der Waals surface area contributed by atoms with Gasteiger partial charge in [0.05, 0.1) is 12.1 Å². The van der Waals surface area contributed by atoms with Crippen LogP contribution >= 0.6 is 0 Å². The molecule has 0 bridgehead atoms. The van der Waals surface area contributed by atoms with E-state index in [9.17, 15) is 4.79 Å². The van der Waals surface area contributed by atoms with Gasteiger partial charge in [-0.1, -0.05) is 12.1 Å². The van der Waals surface area contributed by atoms with Gasteiger partial charge in [-0.15, -0.1) is 0 Å². The van der Waals surface area contributed by atoms with Crippen molar-refractivity contribution in [2.24, 2.45) is 0 Å². The minimum atomic E-state index is -0.809. The Morgan fingerprint density at radius 2 is 2.25 bits per heavy atom. The third-order valence-electron chi connectivity index (χ3n) is 3.44. The van der Waals surface area contributed by atoms with Gasteiger partial charge in [0.1, 0.15) is 5.82 Å². The number of aliphatic carboxylic acids is 1. The fraction of sp³-hybridized carbons (Fsp3) is 0.400. The zero-order chi connectivity index (χ0) is 14.1. The van der Waals surface area contributed by atoms with Crippen LogP contribution in [0.25, 0.3) is 5.69 Å². The molecule has 1 heterocycles. The van der Waals surface area contributed by atoms with Gasteiger partial charge in [0.2, 0.25) is 0 Å². The number of nitrogens with zero attached hydrogens (tertiary/aromatic N) is 3. The molecule has 1 aliphatic carbocycles. The number of benzene rings is 1. The zero-order valence-electron chi connectivity index (χ0n) is 11.4. The monoisotopic (exact) mass is 271 g/mol. The minimum Gasteiger partial charge on any atom is -0.481 e. The van der Waals surface area contributed by atoms with E-state index in [0.29, 0.717) is 12.3 Å². The van der Waals surface area contributed by atoms with Crippen molar-refractivity contribution in [3.8, 4) is 5.69 Å². The van der Waals surface area contributed by atoms with Crippen molar-refractivity contribution < 1.29 is 9.90 Å². The molecule has 5 heteroatoms. The predicted molar refractivity (Wildman–Crippen MR) is 74.0 cm³/mol. The maximum atomic E-state index is 10.8. The molecule has 1 aromatic heterocycles. The van der Waals surface area contributed by atoms with Crippen LogP contribution in [-0.4, -0.2) is 25.8 Å². The van der Waals surface area contributed by atoms with E-state index < -0.39 is 5.97 Å². The van der Waals surface area contributed by atoms with E-state index in [0.717, 1.165) is 35.7 Å². The normalized spacial score (nSPS) is 14.4. The number of hydrogen-bond acceptors (Lipinski definition) is 3. The Kier molecular flexibility index (Phi) is 3.26. The van der Waals surface area contributed by atoms with Crippen molar-refractivity contribution in [2.75, 3.05) is 0 Å². The number of carboxylic acids is 1. The van der Waals surface area contributed by atoms with E-state index in [4.69, 9.17) is 5.11 Å². The summed E-state index contributed by atoms with van der Waals surface area (Å²) in [6.07, 6.45) is 2.75. The summed E-state index contributed by atoms with van der Waals surface area (Å²) in [6.45, 7) is 2.03. The molecule has 2 aromatic rings. The summed E-state index contributed by atoms with van der Waals surface area (Å²) in [5, 5.41) is 13.4. The molecule has 5 nitrogen and oxygen atoms in total. The van der Waals surface area contributed by atoms with Crippen molar-refractivity contribution in [3.05, 3.63) is 41.5 Å².